The highest BCUT2D eigenvalue weighted by molar-refractivity contribution is 7.80. The van der Waals surface area contributed by atoms with Crippen molar-refractivity contribution in [1.29, 1.82) is 0 Å². The molecule has 1 atom stereocenters. The van der Waals surface area contributed by atoms with Crippen molar-refractivity contribution < 1.29 is 19.1 Å². The monoisotopic (exact) mass is 415 g/mol. The molecule has 0 bridgehead atoms. The van der Waals surface area contributed by atoms with Gasteiger partial charge in [0.25, 0.3) is 11.8 Å². The van der Waals surface area contributed by atoms with E-state index in [1.807, 2.05) is 39.0 Å². The normalized spacial score (nSPS) is 11.1. The maximum atomic E-state index is 12.3. The summed E-state index contributed by atoms with van der Waals surface area (Å²) in [6, 6.07) is 14.2. The van der Waals surface area contributed by atoms with Crippen molar-refractivity contribution in [3.63, 3.8) is 0 Å². The Labute approximate surface area is 175 Å². The second-order valence-corrected chi connectivity index (χ2v) is 6.83. The molecule has 3 N–H and O–H groups in total. The van der Waals surface area contributed by atoms with Crippen LogP contribution in [-0.4, -0.2) is 29.6 Å². The van der Waals surface area contributed by atoms with E-state index in [4.69, 9.17) is 21.7 Å². The molecule has 0 aliphatic rings. The highest BCUT2D eigenvalue weighted by atomic mass is 32.1. The molecule has 2 amide bonds. The SMILES string of the molecule is CCC(C)Oc1cccc(C(=O)NC(=S)NNC(=O)COc2cccc(C)c2)c1. The number of hydrogen-bond acceptors (Lipinski definition) is 5. The summed E-state index contributed by atoms with van der Waals surface area (Å²) < 4.78 is 11.1. The number of ether oxygens (including phenoxy) is 2. The first-order chi connectivity index (χ1) is 13.9. The lowest BCUT2D eigenvalue weighted by Gasteiger charge is -2.14. The number of hydrazine groups is 1. The first-order valence-corrected chi connectivity index (χ1v) is 9.64. The number of aryl methyl sites for hydroxylation is 1. The number of thiocarbonyl (C=S) groups is 1. The second-order valence-electron chi connectivity index (χ2n) is 6.43. The van der Waals surface area contributed by atoms with Crippen molar-refractivity contribution in [2.24, 2.45) is 0 Å². The first kappa shape index (κ1) is 22.2. The fourth-order valence-corrected chi connectivity index (χ4v) is 2.39. The van der Waals surface area contributed by atoms with Crippen LogP contribution in [0.2, 0.25) is 0 Å². The molecule has 0 saturated heterocycles. The largest absolute Gasteiger partial charge is 0.491 e. The summed E-state index contributed by atoms with van der Waals surface area (Å²) in [5.41, 5.74) is 6.27. The molecular weight excluding hydrogens is 390 g/mol. The second kappa shape index (κ2) is 11.0. The third kappa shape index (κ3) is 7.79. The molecule has 0 radical (unpaired) electrons. The summed E-state index contributed by atoms with van der Waals surface area (Å²) in [6.07, 6.45) is 0.908. The van der Waals surface area contributed by atoms with Crippen molar-refractivity contribution in [3.05, 3.63) is 59.7 Å². The summed E-state index contributed by atoms with van der Waals surface area (Å²) in [6.45, 7) is 5.71. The molecule has 29 heavy (non-hydrogen) atoms. The molecule has 2 aromatic carbocycles. The van der Waals surface area contributed by atoms with Gasteiger partial charge in [0.2, 0.25) is 0 Å². The van der Waals surface area contributed by atoms with Crippen molar-refractivity contribution in [1.82, 2.24) is 16.2 Å². The number of carbonyl (C=O) groups excluding carboxylic acids is 2. The molecular formula is C21H25N3O4S. The number of benzene rings is 2. The zero-order chi connectivity index (χ0) is 21.2. The van der Waals surface area contributed by atoms with E-state index >= 15 is 0 Å². The summed E-state index contributed by atoms with van der Waals surface area (Å²) in [5.74, 6) is 0.345. The van der Waals surface area contributed by atoms with Crippen molar-refractivity contribution in [2.75, 3.05) is 6.61 Å². The average molecular weight is 416 g/mol. The van der Waals surface area contributed by atoms with E-state index in [-0.39, 0.29) is 17.8 Å². The minimum absolute atomic E-state index is 0.0350. The van der Waals surface area contributed by atoms with E-state index in [1.165, 1.54) is 0 Å². The lowest BCUT2D eigenvalue weighted by Crippen LogP contribution is -2.49. The lowest BCUT2D eigenvalue weighted by molar-refractivity contribution is -0.123. The van der Waals surface area contributed by atoms with E-state index in [9.17, 15) is 9.59 Å². The van der Waals surface area contributed by atoms with Crippen LogP contribution in [0, 0.1) is 6.92 Å². The Morgan fingerprint density at radius 3 is 2.52 bits per heavy atom. The lowest BCUT2D eigenvalue weighted by atomic mass is 10.2. The molecule has 154 valence electrons. The van der Waals surface area contributed by atoms with Crippen LogP contribution in [-0.2, 0) is 4.79 Å². The molecule has 7 nitrogen and oxygen atoms in total. The highest BCUT2D eigenvalue weighted by Crippen LogP contribution is 2.16. The average Bonchev–Trinajstić information content (AvgIpc) is 2.71. The zero-order valence-corrected chi connectivity index (χ0v) is 17.5. The van der Waals surface area contributed by atoms with E-state index in [0.29, 0.717) is 17.1 Å². The number of rotatable bonds is 7. The Balaban J connectivity index is 1.77. The van der Waals surface area contributed by atoms with Gasteiger partial charge in [-0.15, -0.1) is 0 Å². The van der Waals surface area contributed by atoms with Crippen LogP contribution in [0.1, 0.15) is 36.2 Å². The minimum atomic E-state index is -0.438. The standard InChI is InChI=1S/C21H25N3O4S/c1-4-15(3)28-18-10-6-8-16(12-18)20(26)22-21(29)24-23-19(25)13-27-17-9-5-7-14(2)11-17/h5-12,15H,4,13H2,1-3H3,(H,23,25)(H2,22,24,26,29). The van der Waals surface area contributed by atoms with Gasteiger partial charge < -0.3 is 9.47 Å². The molecule has 0 saturated carbocycles. The van der Waals surface area contributed by atoms with E-state index in [2.05, 4.69) is 16.2 Å². The van der Waals surface area contributed by atoms with Crippen LogP contribution in [0.5, 0.6) is 11.5 Å². The van der Waals surface area contributed by atoms with Gasteiger partial charge in [0.15, 0.2) is 11.7 Å². The molecule has 2 rings (SSSR count). The number of hydrogen-bond donors (Lipinski definition) is 3. The van der Waals surface area contributed by atoms with Gasteiger partial charge >= 0.3 is 0 Å². The number of carbonyl (C=O) groups is 2. The van der Waals surface area contributed by atoms with E-state index < -0.39 is 11.8 Å². The zero-order valence-electron chi connectivity index (χ0n) is 16.7. The molecule has 8 heteroatoms. The van der Waals surface area contributed by atoms with Gasteiger partial charge in [-0.2, -0.15) is 0 Å². The van der Waals surface area contributed by atoms with Gasteiger partial charge in [-0.3, -0.25) is 25.8 Å². The third-order valence-corrected chi connectivity index (χ3v) is 4.11. The summed E-state index contributed by atoms with van der Waals surface area (Å²) >= 11 is 5.04. The van der Waals surface area contributed by atoms with Crippen LogP contribution in [0.25, 0.3) is 0 Å². The summed E-state index contributed by atoms with van der Waals surface area (Å²) in [4.78, 5) is 24.2. The fourth-order valence-electron chi connectivity index (χ4n) is 2.25. The summed E-state index contributed by atoms with van der Waals surface area (Å²) in [7, 11) is 0. The van der Waals surface area contributed by atoms with Crippen LogP contribution >= 0.6 is 12.2 Å². The van der Waals surface area contributed by atoms with Crippen LogP contribution < -0.4 is 25.6 Å². The Kier molecular flexibility index (Phi) is 8.42. The fraction of sp³-hybridized carbons (Fsp3) is 0.286. The molecule has 1 unspecified atom stereocenters. The Morgan fingerprint density at radius 1 is 1.07 bits per heavy atom. The predicted octanol–water partition coefficient (Wildman–Crippen LogP) is 2.89. The number of amides is 2. The molecule has 0 heterocycles. The van der Waals surface area contributed by atoms with Gasteiger partial charge in [0.1, 0.15) is 11.5 Å². The quantitative estimate of drug-likeness (QED) is 0.476. The smallest absolute Gasteiger partial charge is 0.276 e. The van der Waals surface area contributed by atoms with Crippen LogP contribution in [0.4, 0.5) is 0 Å². The van der Waals surface area contributed by atoms with E-state index in [1.54, 1.807) is 30.3 Å². The number of nitrogens with one attached hydrogen (secondary N) is 3. The topological polar surface area (TPSA) is 88.7 Å². The predicted molar refractivity (Wildman–Crippen MR) is 115 cm³/mol. The Morgan fingerprint density at radius 2 is 1.79 bits per heavy atom. The van der Waals surface area contributed by atoms with Crippen LogP contribution in [0.3, 0.4) is 0 Å². The molecule has 0 aliphatic heterocycles. The minimum Gasteiger partial charge on any atom is -0.491 e. The molecule has 2 aromatic rings. The van der Waals surface area contributed by atoms with E-state index in [0.717, 1.165) is 12.0 Å². The molecule has 0 spiro atoms. The third-order valence-electron chi connectivity index (χ3n) is 3.91. The first-order valence-electron chi connectivity index (χ1n) is 9.23. The maximum absolute atomic E-state index is 12.3. The molecule has 0 aliphatic carbocycles. The van der Waals surface area contributed by atoms with Gasteiger partial charge in [-0.05, 0) is 68.4 Å². The Hall–Kier alpha value is -3.13. The van der Waals surface area contributed by atoms with Gasteiger partial charge in [0, 0.05) is 5.56 Å². The van der Waals surface area contributed by atoms with Crippen molar-refractivity contribution >= 4 is 29.1 Å². The molecule has 0 fully saturated rings. The van der Waals surface area contributed by atoms with Crippen LogP contribution in [0.15, 0.2) is 48.5 Å². The van der Waals surface area contributed by atoms with Gasteiger partial charge in [0.05, 0.1) is 6.10 Å². The van der Waals surface area contributed by atoms with Crippen molar-refractivity contribution in [2.45, 2.75) is 33.3 Å². The van der Waals surface area contributed by atoms with Gasteiger partial charge in [-0.25, -0.2) is 0 Å². The maximum Gasteiger partial charge on any atom is 0.276 e. The molecule has 0 aromatic heterocycles. The highest BCUT2D eigenvalue weighted by Gasteiger charge is 2.11. The summed E-state index contributed by atoms with van der Waals surface area (Å²) in [5, 5.41) is 2.46. The van der Waals surface area contributed by atoms with Gasteiger partial charge in [-0.1, -0.05) is 25.1 Å². The van der Waals surface area contributed by atoms with Crippen molar-refractivity contribution in [3.8, 4) is 11.5 Å². The Bertz CT molecular complexity index is 873.